The standard InChI is InChI=1S/C14H17N3O5/c15-11(18)7-6-10(14(21)22)17-12(19)8-16-13(20)9-4-2-1-3-5-9/h1-5,10H,6-8H2,(H2,15,18)(H,16,20)(H,17,19)(H,21,22)/t10-/m0/s1. The number of hydrogen-bond donors (Lipinski definition) is 4. The van der Waals surface area contributed by atoms with E-state index >= 15 is 0 Å². The molecule has 8 heteroatoms. The third-order valence-electron chi connectivity index (χ3n) is 2.76. The number of amides is 3. The van der Waals surface area contributed by atoms with E-state index in [1.807, 2.05) is 0 Å². The van der Waals surface area contributed by atoms with Gasteiger partial charge in [0.2, 0.25) is 11.8 Å². The van der Waals surface area contributed by atoms with Crippen LogP contribution >= 0.6 is 0 Å². The highest BCUT2D eigenvalue weighted by Gasteiger charge is 2.20. The predicted octanol–water partition coefficient (Wildman–Crippen LogP) is -0.749. The van der Waals surface area contributed by atoms with Crippen LogP contribution in [-0.4, -0.2) is 41.4 Å². The van der Waals surface area contributed by atoms with Gasteiger partial charge in [-0.05, 0) is 18.6 Å². The molecule has 22 heavy (non-hydrogen) atoms. The summed E-state index contributed by atoms with van der Waals surface area (Å²) < 4.78 is 0. The van der Waals surface area contributed by atoms with Crippen molar-refractivity contribution in [1.82, 2.24) is 10.6 Å². The van der Waals surface area contributed by atoms with Crippen molar-refractivity contribution >= 4 is 23.7 Å². The second-order valence-corrected chi connectivity index (χ2v) is 4.51. The van der Waals surface area contributed by atoms with Crippen LogP contribution < -0.4 is 16.4 Å². The Labute approximate surface area is 126 Å². The highest BCUT2D eigenvalue weighted by molar-refractivity contribution is 5.96. The Morgan fingerprint density at radius 1 is 1.14 bits per heavy atom. The molecule has 1 aromatic carbocycles. The van der Waals surface area contributed by atoms with Crippen LogP contribution in [-0.2, 0) is 14.4 Å². The summed E-state index contributed by atoms with van der Waals surface area (Å²) >= 11 is 0. The highest BCUT2D eigenvalue weighted by atomic mass is 16.4. The molecule has 0 unspecified atom stereocenters. The van der Waals surface area contributed by atoms with Crippen LogP contribution in [0.15, 0.2) is 30.3 Å². The number of benzene rings is 1. The average molecular weight is 307 g/mol. The van der Waals surface area contributed by atoms with Gasteiger partial charge >= 0.3 is 5.97 Å². The Morgan fingerprint density at radius 2 is 1.77 bits per heavy atom. The van der Waals surface area contributed by atoms with Gasteiger partial charge in [-0.2, -0.15) is 0 Å². The van der Waals surface area contributed by atoms with Gasteiger partial charge in [-0.25, -0.2) is 4.79 Å². The van der Waals surface area contributed by atoms with E-state index < -0.39 is 29.7 Å². The lowest BCUT2D eigenvalue weighted by molar-refractivity contribution is -0.142. The first kappa shape index (κ1) is 17.2. The molecular formula is C14H17N3O5. The van der Waals surface area contributed by atoms with Gasteiger partial charge < -0.3 is 21.5 Å². The van der Waals surface area contributed by atoms with E-state index in [1.165, 1.54) is 0 Å². The fraction of sp³-hybridized carbons (Fsp3) is 0.286. The second kappa shape index (κ2) is 8.40. The normalized spacial score (nSPS) is 11.3. The Hall–Kier alpha value is -2.90. The number of nitrogens with one attached hydrogen (secondary N) is 2. The molecule has 0 saturated carbocycles. The number of hydrogen-bond acceptors (Lipinski definition) is 4. The van der Waals surface area contributed by atoms with E-state index in [0.717, 1.165) is 0 Å². The van der Waals surface area contributed by atoms with Crippen molar-refractivity contribution < 1.29 is 24.3 Å². The number of carboxylic acid groups (broad SMARTS) is 1. The number of rotatable bonds is 8. The van der Waals surface area contributed by atoms with E-state index in [4.69, 9.17) is 10.8 Å². The Morgan fingerprint density at radius 3 is 2.32 bits per heavy atom. The van der Waals surface area contributed by atoms with E-state index in [9.17, 15) is 19.2 Å². The molecule has 0 aliphatic carbocycles. The molecular weight excluding hydrogens is 290 g/mol. The van der Waals surface area contributed by atoms with Gasteiger partial charge in [0.05, 0.1) is 6.54 Å². The maximum atomic E-state index is 11.7. The zero-order valence-corrected chi connectivity index (χ0v) is 11.7. The lowest BCUT2D eigenvalue weighted by Gasteiger charge is -2.14. The minimum atomic E-state index is -1.27. The van der Waals surface area contributed by atoms with E-state index in [1.54, 1.807) is 30.3 Å². The third-order valence-corrected chi connectivity index (χ3v) is 2.76. The number of carbonyl (C=O) groups is 4. The smallest absolute Gasteiger partial charge is 0.326 e. The molecule has 0 aromatic heterocycles. The monoisotopic (exact) mass is 307 g/mol. The number of carbonyl (C=O) groups excluding carboxylic acids is 3. The Bertz CT molecular complexity index is 559. The fourth-order valence-electron chi connectivity index (χ4n) is 1.64. The summed E-state index contributed by atoms with van der Waals surface area (Å²) in [5.74, 6) is -3.04. The van der Waals surface area contributed by atoms with Crippen LogP contribution in [0.1, 0.15) is 23.2 Å². The van der Waals surface area contributed by atoms with Gasteiger partial charge in [0.15, 0.2) is 0 Å². The van der Waals surface area contributed by atoms with Gasteiger partial charge in [0.25, 0.3) is 5.91 Å². The molecule has 5 N–H and O–H groups in total. The Kier molecular flexibility index (Phi) is 6.55. The third kappa shape index (κ3) is 6.04. The molecule has 0 aliphatic heterocycles. The lowest BCUT2D eigenvalue weighted by atomic mass is 10.1. The van der Waals surface area contributed by atoms with Crippen LogP contribution in [0.25, 0.3) is 0 Å². The van der Waals surface area contributed by atoms with Crippen LogP contribution in [0.3, 0.4) is 0 Å². The molecule has 0 fully saturated rings. The minimum Gasteiger partial charge on any atom is -0.480 e. The molecule has 0 spiro atoms. The van der Waals surface area contributed by atoms with Crippen molar-refractivity contribution in [2.24, 2.45) is 5.73 Å². The predicted molar refractivity (Wildman–Crippen MR) is 76.8 cm³/mol. The fourth-order valence-corrected chi connectivity index (χ4v) is 1.64. The molecule has 0 heterocycles. The first-order valence-electron chi connectivity index (χ1n) is 6.54. The molecule has 0 saturated heterocycles. The largest absolute Gasteiger partial charge is 0.480 e. The molecule has 118 valence electrons. The summed E-state index contributed by atoms with van der Waals surface area (Å²) in [5.41, 5.74) is 5.32. The number of aliphatic carboxylic acids is 1. The first-order valence-corrected chi connectivity index (χ1v) is 6.54. The van der Waals surface area contributed by atoms with Crippen LogP contribution in [0, 0.1) is 0 Å². The number of nitrogens with two attached hydrogens (primary N) is 1. The highest BCUT2D eigenvalue weighted by Crippen LogP contribution is 1.99. The van der Waals surface area contributed by atoms with E-state index in [2.05, 4.69) is 10.6 Å². The van der Waals surface area contributed by atoms with Crippen molar-refractivity contribution in [3.05, 3.63) is 35.9 Å². The summed E-state index contributed by atoms with van der Waals surface area (Å²) in [6.07, 6.45) is -0.267. The summed E-state index contributed by atoms with van der Waals surface area (Å²) in [4.78, 5) is 44.9. The SMILES string of the molecule is NC(=O)CC[C@H](NC(=O)CNC(=O)c1ccccc1)C(=O)O. The maximum absolute atomic E-state index is 11.7. The van der Waals surface area contributed by atoms with Crippen molar-refractivity contribution in [3.63, 3.8) is 0 Å². The van der Waals surface area contributed by atoms with E-state index in [-0.39, 0.29) is 19.4 Å². The molecule has 8 nitrogen and oxygen atoms in total. The molecule has 0 aliphatic rings. The van der Waals surface area contributed by atoms with Crippen molar-refractivity contribution in [1.29, 1.82) is 0 Å². The second-order valence-electron chi connectivity index (χ2n) is 4.51. The zero-order valence-electron chi connectivity index (χ0n) is 11.7. The molecule has 1 atom stereocenters. The Balaban J connectivity index is 2.45. The van der Waals surface area contributed by atoms with Crippen LogP contribution in [0.4, 0.5) is 0 Å². The molecule has 1 rings (SSSR count). The van der Waals surface area contributed by atoms with Crippen molar-refractivity contribution in [2.45, 2.75) is 18.9 Å². The summed E-state index contributed by atoms with van der Waals surface area (Å²) in [5, 5.41) is 13.5. The van der Waals surface area contributed by atoms with Gasteiger partial charge in [-0.3, -0.25) is 14.4 Å². The van der Waals surface area contributed by atoms with Crippen molar-refractivity contribution in [2.75, 3.05) is 6.54 Å². The summed E-state index contributed by atoms with van der Waals surface area (Å²) in [6, 6.07) is 7.05. The van der Waals surface area contributed by atoms with Gasteiger partial charge in [-0.1, -0.05) is 18.2 Å². The zero-order chi connectivity index (χ0) is 16.5. The topological polar surface area (TPSA) is 139 Å². The van der Waals surface area contributed by atoms with Gasteiger partial charge in [-0.15, -0.1) is 0 Å². The minimum absolute atomic E-state index is 0.108. The lowest BCUT2D eigenvalue weighted by Crippen LogP contribution is -2.45. The first-order chi connectivity index (χ1) is 10.4. The summed E-state index contributed by atoms with van der Waals surface area (Å²) in [6.45, 7) is -0.367. The number of primary amides is 1. The van der Waals surface area contributed by atoms with Gasteiger partial charge in [0.1, 0.15) is 6.04 Å². The average Bonchev–Trinajstić information content (AvgIpc) is 2.49. The van der Waals surface area contributed by atoms with Gasteiger partial charge in [0, 0.05) is 12.0 Å². The quantitative estimate of drug-likeness (QED) is 0.500. The van der Waals surface area contributed by atoms with Crippen LogP contribution in [0.2, 0.25) is 0 Å². The number of carboxylic acids is 1. The van der Waals surface area contributed by atoms with Crippen LogP contribution in [0.5, 0.6) is 0 Å². The van der Waals surface area contributed by atoms with E-state index in [0.29, 0.717) is 5.56 Å². The molecule has 3 amide bonds. The molecule has 0 bridgehead atoms. The maximum Gasteiger partial charge on any atom is 0.326 e. The van der Waals surface area contributed by atoms with Crippen molar-refractivity contribution in [3.8, 4) is 0 Å². The molecule has 1 aromatic rings. The summed E-state index contributed by atoms with van der Waals surface area (Å²) in [7, 11) is 0. The molecule has 0 radical (unpaired) electrons.